The van der Waals surface area contributed by atoms with Crippen LogP contribution in [0.2, 0.25) is 0 Å². The minimum absolute atomic E-state index is 0.0109. The molecule has 1 heterocycles. The van der Waals surface area contributed by atoms with Crippen molar-refractivity contribution in [1.29, 1.82) is 0 Å². The first-order valence-corrected chi connectivity index (χ1v) is 8.34. The standard InChI is InChI=1S/C17H16N2O3S/c20-16(10-19-12-23-11-17(19)21)18-13-6-8-15(9-7-13)22-14-4-2-1-3-5-14/h1-9H,10-12H2,(H,18,20). The molecule has 1 aliphatic heterocycles. The van der Waals surface area contributed by atoms with Crippen molar-refractivity contribution in [3.8, 4) is 11.5 Å². The summed E-state index contributed by atoms with van der Waals surface area (Å²) in [6.45, 7) is 0.0914. The molecular weight excluding hydrogens is 312 g/mol. The Morgan fingerprint density at radius 2 is 1.78 bits per heavy atom. The van der Waals surface area contributed by atoms with Crippen molar-refractivity contribution in [3.05, 3.63) is 54.6 Å². The first-order valence-electron chi connectivity index (χ1n) is 7.19. The van der Waals surface area contributed by atoms with Crippen molar-refractivity contribution in [1.82, 2.24) is 4.90 Å². The molecule has 0 unspecified atom stereocenters. The molecule has 0 atom stereocenters. The molecule has 1 aliphatic rings. The molecular formula is C17H16N2O3S. The van der Waals surface area contributed by atoms with E-state index in [1.165, 1.54) is 11.8 Å². The third-order valence-corrected chi connectivity index (χ3v) is 4.22. The number of nitrogens with one attached hydrogen (secondary N) is 1. The van der Waals surface area contributed by atoms with Crippen molar-refractivity contribution in [2.45, 2.75) is 0 Å². The van der Waals surface area contributed by atoms with Crippen LogP contribution in [0.15, 0.2) is 54.6 Å². The lowest BCUT2D eigenvalue weighted by Crippen LogP contribution is -2.34. The first-order chi connectivity index (χ1) is 11.2. The number of amides is 2. The highest BCUT2D eigenvalue weighted by Crippen LogP contribution is 2.22. The monoisotopic (exact) mass is 328 g/mol. The summed E-state index contributed by atoms with van der Waals surface area (Å²) in [6.07, 6.45) is 0. The van der Waals surface area contributed by atoms with Gasteiger partial charge in [-0.05, 0) is 36.4 Å². The number of nitrogens with zero attached hydrogens (tertiary/aromatic N) is 1. The van der Waals surface area contributed by atoms with Crippen LogP contribution in [-0.4, -0.2) is 34.9 Å². The van der Waals surface area contributed by atoms with Gasteiger partial charge in [-0.25, -0.2) is 0 Å². The lowest BCUT2D eigenvalue weighted by Gasteiger charge is -2.14. The number of benzene rings is 2. The van der Waals surface area contributed by atoms with Crippen molar-refractivity contribution in [2.24, 2.45) is 0 Å². The van der Waals surface area contributed by atoms with Crippen LogP contribution in [0.25, 0.3) is 0 Å². The van der Waals surface area contributed by atoms with E-state index < -0.39 is 0 Å². The topological polar surface area (TPSA) is 58.6 Å². The van der Waals surface area contributed by atoms with Crippen molar-refractivity contribution >= 4 is 29.3 Å². The van der Waals surface area contributed by atoms with Crippen LogP contribution in [0.3, 0.4) is 0 Å². The average Bonchev–Trinajstić information content (AvgIpc) is 2.95. The molecule has 0 radical (unpaired) electrons. The number of anilines is 1. The Kier molecular flexibility index (Phi) is 4.83. The molecule has 5 nitrogen and oxygen atoms in total. The minimum Gasteiger partial charge on any atom is -0.457 e. The molecule has 6 heteroatoms. The maximum absolute atomic E-state index is 11.9. The zero-order chi connectivity index (χ0) is 16.1. The number of rotatable bonds is 5. The molecule has 1 saturated heterocycles. The molecule has 0 aromatic heterocycles. The summed E-state index contributed by atoms with van der Waals surface area (Å²) in [6, 6.07) is 16.6. The van der Waals surface area contributed by atoms with Gasteiger partial charge in [-0.3, -0.25) is 9.59 Å². The van der Waals surface area contributed by atoms with E-state index in [2.05, 4.69) is 5.32 Å². The minimum atomic E-state index is -0.197. The highest BCUT2D eigenvalue weighted by Gasteiger charge is 2.22. The summed E-state index contributed by atoms with van der Waals surface area (Å²) in [5, 5.41) is 2.78. The van der Waals surface area contributed by atoms with Gasteiger partial charge in [0.05, 0.1) is 11.6 Å². The van der Waals surface area contributed by atoms with E-state index in [0.29, 0.717) is 23.1 Å². The number of hydrogen-bond donors (Lipinski definition) is 1. The van der Waals surface area contributed by atoms with Gasteiger partial charge in [0.15, 0.2) is 0 Å². The smallest absolute Gasteiger partial charge is 0.244 e. The lowest BCUT2D eigenvalue weighted by molar-refractivity contribution is -0.130. The van der Waals surface area contributed by atoms with Gasteiger partial charge < -0.3 is 15.0 Å². The van der Waals surface area contributed by atoms with E-state index in [1.807, 2.05) is 30.3 Å². The normalized spacial score (nSPS) is 13.9. The number of carbonyl (C=O) groups excluding carboxylic acids is 2. The van der Waals surface area contributed by atoms with Crippen molar-refractivity contribution in [3.63, 3.8) is 0 Å². The van der Waals surface area contributed by atoms with E-state index >= 15 is 0 Å². The van der Waals surface area contributed by atoms with Gasteiger partial charge in [-0.2, -0.15) is 0 Å². The Labute approximate surface area is 138 Å². The molecule has 1 fully saturated rings. The second kappa shape index (κ2) is 7.19. The lowest BCUT2D eigenvalue weighted by atomic mass is 10.3. The van der Waals surface area contributed by atoms with Crippen LogP contribution in [0.5, 0.6) is 11.5 Å². The van der Waals surface area contributed by atoms with E-state index in [0.717, 1.165) is 5.75 Å². The Morgan fingerprint density at radius 3 is 2.43 bits per heavy atom. The van der Waals surface area contributed by atoms with Gasteiger partial charge in [0.1, 0.15) is 18.0 Å². The number of hydrogen-bond acceptors (Lipinski definition) is 4. The first kappa shape index (κ1) is 15.4. The van der Waals surface area contributed by atoms with E-state index in [9.17, 15) is 9.59 Å². The third kappa shape index (κ3) is 4.26. The zero-order valence-corrected chi connectivity index (χ0v) is 13.2. The van der Waals surface area contributed by atoms with Crippen LogP contribution in [0.4, 0.5) is 5.69 Å². The van der Waals surface area contributed by atoms with Crippen LogP contribution in [-0.2, 0) is 9.59 Å². The van der Waals surface area contributed by atoms with Crippen molar-refractivity contribution in [2.75, 3.05) is 23.5 Å². The molecule has 0 spiro atoms. The van der Waals surface area contributed by atoms with Crippen LogP contribution in [0.1, 0.15) is 0 Å². The molecule has 2 aromatic rings. The summed E-state index contributed by atoms with van der Waals surface area (Å²) in [5.74, 6) is 2.30. The summed E-state index contributed by atoms with van der Waals surface area (Å²) in [4.78, 5) is 25.0. The Hall–Kier alpha value is -2.47. The quantitative estimate of drug-likeness (QED) is 0.917. The molecule has 118 valence electrons. The van der Waals surface area contributed by atoms with Crippen molar-refractivity contribution < 1.29 is 14.3 Å². The van der Waals surface area contributed by atoms with E-state index in [-0.39, 0.29) is 18.4 Å². The summed E-state index contributed by atoms with van der Waals surface area (Å²) < 4.78 is 5.69. The number of para-hydroxylation sites is 1. The zero-order valence-electron chi connectivity index (χ0n) is 12.4. The van der Waals surface area contributed by atoms with Gasteiger partial charge in [0.25, 0.3) is 0 Å². The highest BCUT2D eigenvalue weighted by molar-refractivity contribution is 8.00. The molecule has 0 aliphatic carbocycles. The largest absolute Gasteiger partial charge is 0.457 e. The predicted octanol–water partition coefficient (Wildman–Crippen LogP) is 2.95. The SMILES string of the molecule is O=C(CN1CSCC1=O)Nc1ccc(Oc2ccccc2)cc1. The third-order valence-electron chi connectivity index (χ3n) is 3.28. The number of thioether (sulfide) groups is 1. The molecule has 2 aromatic carbocycles. The van der Waals surface area contributed by atoms with Gasteiger partial charge >= 0.3 is 0 Å². The molecule has 3 rings (SSSR count). The fourth-order valence-corrected chi connectivity index (χ4v) is 3.05. The van der Waals surface area contributed by atoms with Gasteiger partial charge in [-0.1, -0.05) is 18.2 Å². The van der Waals surface area contributed by atoms with E-state index in [1.54, 1.807) is 29.2 Å². The maximum Gasteiger partial charge on any atom is 0.244 e. The average molecular weight is 328 g/mol. The Morgan fingerprint density at radius 1 is 1.09 bits per heavy atom. The number of carbonyl (C=O) groups is 2. The summed E-state index contributed by atoms with van der Waals surface area (Å²) in [5.41, 5.74) is 0.676. The fourth-order valence-electron chi connectivity index (χ4n) is 2.15. The molecule has 1 N–H and O–H groups in total. The number of ether oxygens (including phenoxy) is 1. The Balaban J connectivity index is 1.55. The van der Waals surface area contributed by atoms with Crippen LogP contribution < -0.4 is 10.1 Å². The summed E-state index contributed by atoms with van der Waals surface area (Å²) >= 11 is 1.52. The highest BCUT2D eigenvalue weighted by atomic mass is 32.2. The van der Waals surface area contributed by atoms with Gasteiger partial charge in [0.2, 0.25) is 11.8 Å². The van der Waals surface area contributed by atoms with Gasteiger partial charge in [0, 0.05) is 5.69 Å². The Bertz CT molecular complexity index is 689. The summed E-state index contributed by atoms with van der Waals surface area (Å²) in [7, 11) is 0. The van der Waals surface area contributed by atoms with Gasteiger partial charge in [-0.15, -0.1) is 11.8 Å². The van der Waals surface area contributed by atoms with Crippen LogP contribution >= 0.6 is 11.8 Å². The second-order valence-corrected chi connectivity index (χ2v) is 6.01. The van der Waals surface area contributed by atoms with E-state index in [4.69, 9.17) is 4.74 Å². The molecule has 0 saturated carbocycles. The molecule has 2 amide bonds. The molecule has 23 heavy (non-hydrogen) atoms. The molecule has 0 bridgehead atoms. The van der Waals surface area contributed by atoms with Crippen LogP contribution in [0, 0.1) is 0 Å². The maximum atomic E-state index is 11.9. The second-order valence-electron chi connectivity index (χ2n) is 5.06. The predicted molar refractivity (Wildman–Crippen MR) is 90.6 cm³/mol. The fraction of sp³-hybridized carbons (Fsp3) is 0.176.